The van der Waals surface area contributed by atoms with Gasteiger partial charge >= 0.3 is 0 Å². The van der Waals surface area contributed by atoms with Gasteiger partial charge in [-0.2, -0.15) is 0 Å². The molecule has 6 nitrogen and oxygen atoms in total. The summed E-state index contributed by atoms with van der Waals surface area (Å²) in [5.41, 5.74) is 5.19. The highest BCUT2D eigenvalue weighted by molar-refractivity contribution is 7.89. The molecule has 0 unspecified atom stereocenters. The first-order valence-electron chi connectivity index (χ1n) is 7.13. The van der Waals surface area contributed by atoms with Crippen LogP contribution >= 0.6 is 12.4 Å². The molecule has 0 aliphatic carbocycles. The molecule has 1 aromatic rings. The number of benzene rings is 1. The third-order valence-corrected chi connectivity index (χ3v) is 4.70. The molecule has 1 rings (SSSR count). The average molecular weight is 386 g/mol. The van der Waals surface area contributed by atoms with Crippen LogP contribution in [-0.2, 0) is 10.0 Å². The van der Waals surface area contributed by atoms with Crippen molar-refractivity contribution in [1.29, 1.82) is 0 Å². The van der Waals surface area contributed by atoms with Crippen LogP contribution in [0.5, 0.6) is 0 Å². The Bertz CT molecular complexity index is 635. The minimum atomic E-state index is -4.09. The quantitative estimate of drug-likeness (QED) is 0.708. The number of alkyl halides is 2. The van der Waals surface area contributed by atoms with Crippen molar-refractivity contribution < 1.29 is 22.0 Å². The van der Waals surface area contributed by atoms with Gasteiger partial charge in [0.15, 0.2) is 0 Å². The summed E-state index contributed by atoms with van der Waals surface area (Å²) in [5, 5.41) is 0. The van der Waals surface area contributed by atoms with E-state index in [0.29, 0.717) is 18.7 Å². The molecule has 0 atom stereocenters. The molecular weight excluding hydrogens is 364 g/mol. The van der Waals surface area contributed by atoms with Crippen molar-refractivity contribution in [2.45, 2.75) is 24.7 Å². The van der Waals surface area contributed by atoms with E-state index in [1.807, 2.05) is 18.6 Å². The van der Waals surface area contributed by atoms with Crippen molar-refractivity contribution in [2.75, 3.05) is 26.2 Å². The van der Waals surface area contributed by atoms with Gasteiger partial charge in [0, 0.05) is 18.7 Å². The number of halogens is 3. The van der Waals surface area contributed by atoms with Crippen molar-refractivity contribution in [2.24, 2.45) is 5.73 Å². The molecule has 1 aromatic carbocycles. The van der Waals surface area contributed by atoms with E-state index in [1.165, 1.54) is 24.3 Å². The van der Waals surface area contributed by atoms with E-state index in [2.05, 4.69) is 0 Å². The van der Waals surface area contributed by atoms with E-state index in [-0.39, 0.29) is 23.2 Å². The Morgan fingerprint density at radius 2 is 1.71 bits per heavy atom. The number of carbonyl (C=O) groups excluding carboxylic acids is 1. The lowest BCUT2D eigenvalue weighted by atomic mass is 10.2. The Kier molecular flexibility index (Phi) is 8.76. The van der Waals surface area contributed by atoms with Crippen LogP contribution in [0.3, 0.4) is 0 Å². The van der Waals surface area contributed by atoms with Crippen molar-refractivity contribution in [3.63, 3.8) is 0 Å². The highest BCUT2D eigenvalue weighted by atomic mass is 35.5. The zero-order valence-electron chi connectivity index (χ0n) is 13.5. The number of nitrogens with two attached hydrogens (primary N) is 1. The lowest BCUT2D eigenvalue weighted by molar-refractivity contribution is 0.0170. The molecule has 0 heterocycles. The van der Waals surface area contributed by atoms with Gasteiger partial charge in [0.2, 0.25) is 10.0 Å². The van der Waals surface area contributed by atoms with Crippen LogP contribution in [0.15, 0.2) is 29.2 Å². The maximum Gasteiger partial charge on any atom is 0.273 e. The first-order chi connectivity index (χ1) is 10.7. The van der Waals surface area contributed by atoms with Crippen LogP contribution in [0.1, 0.15) is 24.2 Å². The van der Waals surface area contributed by atoms with E-state index in [0.717, 1.165) is 0 Å². The summed E-state index contributed by atoms with van der Waals surface area (Å²) >= 11 is 0. The zero-order valence-corrected chi connectivity index (χ0v) is 15.1. The second kappa shape index (κ2) is 9.26. The molecule has 0 saturated carbocycles. The summed E-state index contributed by atoms with van der Waals surface area (Å²) in [5.74, 6) is -3.53. The van der Waals surface area contributed by atoms with Crippen LogP contribution in [0.25, 0.3) is 0 Å². The monoisotopic (exact) mass is 385 g/mol. The van der Waals surface area contributed by atoms with E-state index in [9.17, 15) is 22.0 Å². The predicted molar refractivity (Wildman–Crippen MR) is 90.1 cm³/mol. The van der Waals surface area contributed by atoms with Crippen LogP contribution < -0.4 is 10.5 Å². The standard InChI is InChI=1S/C14H21F2N3O3S.ClH/c1-3-19(4-2)13(20)11-5-7-12(8-6-11)23(21,22)18-10-14(15,16)9-17;/h5-8,18H,3-4,9-10,17H2,1-2H3;1H. The Balaban J connectivity index is 0.00000529. The van der Waals surface area contributed by atoms with Crippen molar-refractivity contribution in [3.8, 4) is 0 Å². The number of rotatable bonds is 8. The summed E-state index contributed by atoms with van der Waals surface area (Å²) in [6, 6.07) is 5.13. The minimum absolute atomic E-state index is 0. The summed E-state index contributed by atoms with van der Waals surface area (Å²) in [7, 11) is -4.09. The molecule has 0 spiro atoms. The third kappa shape index (κ3) is 5.97. The molecule has 24 heavy (non-hydrogen) atoms. The molecule has 0 aliphatic rings. The predicted octanol–water partition coefficient (Wildman–Crippen LogP) is 1.46. The van der Waals surface area contributed by atoms with Gasteiger partial charge in [-0.15, -0.1) is 12.4 Å². The Hall–Kier alpha value is -1.29. The maximum atomic E-state index is 13.0. The van der Waals surface area contributed by atoms with E-state index in [1.54, 1.807) is 4.90 Å². The molecule has 10 heteroatoms. The smallest absolute Gasteiger partial charge is 0.273 e. The summed E-state index contributed by atoms with van der Waals surface area (Å²) < 4.78 is 51.8. The fourth-order valence-electron chi connectivity index (χ4n) is 1.83. The van der Waals surface area contributed by atoms with Crippen LogP contribution in [-0.4, -0.2) is 51.3 Å². The molecule has 3 N–H and O–H groups in total. The van der Waals surface area contributed by atoms with Crippen LogP contribution in [0.4, 0.5) is 8.78 Å². The van der Waals surface area contributed by atoms with Crippen molar-refractivity contribution in [3.05, 3.63) is 29.8 Å². The molecule has 1 amide bonds. The summed E-state index contributed by atoms with van der Waals surface area (Å²) in [4.78, 5) is 13.5. The average Bonchev–Trinajstić information content (AvgIpc) is 2.54. The van der Waals surface area contributed by atoms with Gasteiger partial charge in [0.1, 0.15) is 0 Å². The van der Waals surface area contributed by atoms with E-state index in [4.69, 9.17) is 5.73 Å². The number of nitrogens with zero attached hydrogens (tertiary/aromatic N) is 1. The van der Waals surface area contributed by atoms with Crippen molar-refractivity contribution >= 4 is 28.3 Å². The Labute approximate surface area is 146 Å². The molecule has 138 valence electrons. The highest BCUT2D eigenvalue weighted by Crippen LogP contribution is 2.15. The number of hydrogen-bond acceptors (Lipinski definition) is 4. The Morgan fingerprint density at radius 1 is 1.21 bits per heavy atom. The number of hydrogen-bond donors (Lipinski definition) is 2. The van der Waals surface area contributed by atoms with Crippen LogP contribution in [0, 0.1) is 0 Å². The number of amides is 1. The molecule has 0 fully saturated rings. The Morgan fingerprint density at radius 3 is 2.12 bits per heavy atom. The van der Waals surface area contributed by atoms with E-state index < -0.39 is 29.0 Å². The fourth-order valence-corrected chi connectivity index (χ4v) is 2.89. The number of nitrogens with one attached hydrogen (secondary N) is 1. The zero-order chi connectivity index (χ0) is 17.7. The summed E-state index contributed by atoms with van der Waals surface area (Å²) in [6.45, 7) is 2.71. The second-order valence-corrected chi connectivity index (χ2v) is 6.65. The molecule has 0 aromatic heterocycles. The molecule has 0 radical (unpaired) electrons. The molecule has 0 saturated heterocycles. The SMILES string of the molecule is CCN(CC)C(=O)c1ccc(S(=O)(=O)NCC(F)(F)CN)cc1.Cl. The van der Waals surface area contributed by atoms with Crippen LogP contribution in [0.2, 0.25) is 0 Å². The molecular formula is C14H22ClF2N3O3S. The molecule has 0 aliphatic heterocycles. The fraction of sp³-hybridized carbons (Fsp3) is 0.500. The first-order valence-corrected chi connectivity index (χ1v) is 8.62. The van der Waals surface area contributed by atoms with Gasteiger partial charge in [0.05, 0.1) is 18.0 Å². The number of sulfonamides is 1. The highest BCUT2D eigenvalue weighted by Gasteiger charge is 2.29. The normalized spacial score (nSPS) is 11.7. The largest absolute Gasteiger partial charge is 0.339 e. The lowest BCUT2D eigenvalue weighted by Crippen LogP contribution is -2.41. The van der Waals surface area contributed by atoms with Gasteiger partial charge in [0.25, 0.3) is 11.8 Å². The summed E-state index contributed by atoms with van der Waals surface area (Å²) in [6.07, 6.45) is 0. The minimum Gasteiger partial charge on any atom is -0.339 e. The van der Waals surface area contributed by atoms with Gasteiger partial charge in [-0.05, 0) is 38.1 Å². The third-order valence-electron chi connectivity index (χ3n) is 3.28. The van der Waals surface area contributed by atoms with Gasteiger partial charge in [-0.1, -0.05) is 0 Å². The van der Waals surface area contributed by atoms with Gasteiger partial charge in [-0.25, -0.2) is 21.9 Å². The molecule has 0 bridgehead atoms. The second-order valence-electron chi connectivity index (χ2n) is 4.89. The van der Waals surface area contributed by atoms with Gasteiger partial charge < -0.3 is 10.6 Å². The van der Waals surface area contributed by atoms with E-state index >= 15 is 0 Å². The maximum absolute atomic E-state index is 13.0. The topological polar surface area (TPSA) is 92.5 Å². The number of carbonyl (C=O) groups is 1. The first kappa shape index (κ1) is 22.7. The van der Waals surface area contributed by atoms with Gasteiger partial charge in [-0.3, -0.25) is 4.79 Å². The van der Waals surface area contributed by atoms with Crippen molar-refractivity contribution in [1.82, 2.24) is 9.62 Å². The lowest BCUT2D eigenvalue weighted by Gasteiger charge is -2.18.